The smallest absolute Gasteiger partial charge is 0.0623 e. The van der Waals surface area contributed by atoms with Crippen LogP contribution in [0.1, 0.15) is 36.6 Å². The second kappa shape index (κ2) is 7.83. The highest BCUT2D eigenvalue weighted by Crippen LogP contribution is 2.30. The van der Waals surface area contributed by atoms with E-state index in [1.807, 2.05) is 11.3 Å². The van der Waals surface area contributed by atoms with Gasteiger partial charge in [-0.3, -0.25) is 4.90 Å². The molecule has 4 nitrogen and oxygen atoms in total. The molecule has 2 aliphatic heterocycles. The number of thiophene rings is 1. The van der Waals surface area contributed by atoms with Gasteiger partial charge in [-0.1, -0.05) is 6.42 Å². The summed E-state index contributed by atoms with van der Waals surface area (Å²) in [4.78, 5) is 4.25. The van der Waals surface area contributed by atoms with Crippen LogP contribution in [0.3, 0.4) is 0 Å². The van der Waals surface area contributed by atoms with Gasteiger partial charge < -0.3 is 15.4 Å². The third-order valence-corrected chi connectivity index (χ3v) is 7.20. The molecule has 4 rings (SSSR count). The van der Waals surface area contributed by atoms with Crippen molar-refractivity contribution in [3.63, 3.8) is 0 Å². The van der Waals surface area contributed by atoms with Crippen LogP contribution in [0, 0.1) is 5.92 Å². The first kappa shape index (κ1) is 17.0. The summed E-state index contributed by atoms with van der Waals surface area (Å²) >= 11 is 1.93. The molecule has 3 heterocycles. The average Bonchev–Trinajstić information content (AvgIpc) is 3.28. The van der Waals surface area contributed by atoms with E-state index in [4.69, 9.17) is 4.74 Å². The lowest BCUT2D eigenvalue weighted by Crippen LogP contribution is -2.52. The molecule has 0 amide bonds. The van der Waals surface area contributed by atoms with Crippen LogP contribution >= 0.6 is 11.3 Å². The number of hydrogen-bond acceptors (Lipinski definition) is 5. The fraction of sp³-hybridized carbons (Fsp3) is 0.789. The van der Waals surface area contributed by atoms with Crippen LogP contribution in [0.4, 0.5) is 0 Å². The fourth-order valence-corrected chi connectivity index (χ4v) is 5.57. The van der Waals surface area contributed by atoms with Gasteiger partial charge >= 0.3 is 0 Å². The maximum absolute atomic E-state index is 5.69. The third kappa shape index (κ3) is 3.70. The Morgan fingerprint density at radius 1 is 1.46 bits per heavy atom. The molecule has 4 unspecified atom stereocenters. The van der Waals surface area contributed by atoms with Crippen molar-refractivity contribution in [1.29, 1.82) is 0 Å². The van der Waals surface area contributed by atoms with Gasteiger partial charge in [-0.2, -0.15) is 0 Å². The maximum atomic E-state index is 5.69. The van der Waals surface area contributed by atoms with Crippen molar-refractivity contribution in [2.24, 2.45) is 5.92 Å². The predicted molar refractivity (Wildman–Crippen MR) is 99.6 cm³/mol. The molecule has 1 aromatic rings. The van der Waals surface area contributed by atoms with Crippen LogP contribution in [-0.4, -0.2) is 55.9 Å². The van der Waals surface area contributed by atoms with Gasteiger partial charge in [-0.15, -0.1) is 11.3 Å². The Balaban J connectivity index is 1.28. The van der Waals surface area contributed by atoms with E-state index in [9.17, 15) is 0 Å². The van der Waals surface area contributed by atoms with Crippen molar-refractivity contribution in [1.82, 2.24) is 15.5 Å². The Hall–Kier alpha value is -0.460. The Labute approximate surface area is 150 Å². The number of hydrogen-bond donors (Lipinski definition) is 2. The van der Waals surface area contributed by atoms with E-state index in [1.165, 1.54) is 32.2 Å². The van der Waals surface area contributed by atoms with Crippen molar-refractivity contribution in [3.05, 3.63) is 21.9 Å². The summed E-state index contributed by atoms with van der Waals surface area (Å²) in [5.41, 5.74) is 1.56. The number of fused-ring (bicyclic) bond motifs is 1. The largest absolute Gasteiger partial charge is 0.379 e. The summed E-state index contributed by atoms with van der Waals surface area (Å²) in [6.07, 6.45) is 5.25. The molecule has 1 aromatic heterocycles. The van der Waals surface area contributed by atoms with Crippen molar-refractivity contribution in [2.75, 3.05) is 32.8 Å². The summed E-state index contributed by atoms with van der Waals surface area (Å²) in [5, 5.41) is 9.83. The standard InChI is InChI=1S/C19H31N3OS/c1-14(22-8-5-19-15(12-22)6-10-24-19)11-21-17-4-2-3-16(17)18-13-23-9-7-20-18/h6,10,14,16-18,20-21H,2-5,7-9,11-13H2,1H3. The van der Waals surface area contributed by atoms with E-state index < -0.39 is 0 Å². The van der Waals surface area contributed by atoms with E-state index in [1.54, 1.807) is 10.4 Å². The molecule has 0 aromatic carbocycles. The molecule has 2 fully saturated rings. The zero-order valence-corrected chi connectivity index (χ0v) is 15.6. The van der Waals surface area contributed by atoms with Crippen LogP contribution in [0.5, 0.6) is 0 Å². The number of ether oxygens (including phenoxy) is 1. The van der Waals surface area contributed by atoms with E-state index in [0.29, 0.717) is 18.1 Å². The van der Waals surface area contributed by atoms with Crippen molar-refractivity contribution >= 4 is 11.3 Å². The lowest BCUT2D eigenvalue weighted by atomic mass is 9.94. The van der Waals surface area contributed by atoms with Crippen LogP contribution < -0.4 is 10.6 Å². The summed E-state index contributed by atoms with van der Waals surface area (Å²) < 4.78 is 5.69. The molecular formula is C19H31N3OS. The van der Waals surface area contributed by atoms with E-state index >= 15 is 0 Å². The topological polar surface area (TPSA) is 36.5 Å². The van der Waals surface area contributed by atoms with Crippen LogP contribution in [-0.2, 0) is 17.7 Å². The normalized spacial score (nSPS) is 32.6. The monoisotopic (exact) mass is 349 g/mol. The number of nitrogens with one attached hydrogen (secondary N) is 2. The molecule has 3 aliphatic rings. The maximum Gasteiger partial charge on any atom is 0.0623 e. The zero-order valence-electron chi connectivity index (χ0n) is 14.8. The second-order valence-corrected chi connectivity index (χ2v) is 8.68. The van der Waals surface area contributed by atoms with Gasteiger partial charge in [0.05, 0.1) is 13.2 Å². The van der Waals surface area contributed by atoms with Gasteiger partial charge in [0, 0.05) is 49.2 Å². The summed E-state index contributed by atoms with van der Waals surface area (Å²) in [6.45, 7) is 8.62. The zero-order chi connectivity index (χ0) is 16.4. The molecule has 134 valence electrons. The number of nitrogens with zero attached hydrogens (tertiary/aromatic N) is 1. The van der Waals surface area contributed by atoms with Gasteiger partial charge in [-0.05, 0) is 49.1 Å². The summed E-state index contributed by atoms with van der Waals surface area (Å²) in [6, 6.07) is 4.13. The highest BCUT2D eigenvalue weighted by molar-refractivity contribution is 7.10. The molecule has 5 heteroatoms. The summed E-state index contributed by atoms with van der Waals surface area (Å²) in [5.74, 6) is 0.738. The van der Waals surface area contributed by atoms with Gasteiger partial charge in [0.2, 0.25) is 0 Å². The molecule has 0 bridgehead atoms. The lowest BCUT2D eigenvalue weighted by Gasteiger charge is -2.36. The quantitative estimate of drug-likeness (QED) is 0.855. The fourth-order valence-electron chi connectivity index (χ4n) is 4.68. The van der Waals surface area contributed by atoms with E-state index in [-0.39, 0.29) is 0 Å². The minimum Gasteiger partial charge on any atom is -0.379 e. The molecule has 1 aliphatic carbocycles. The first-order valence-electron chi connectivity index (χ1n) is 9.65. The van der Waals surface area contributed by atoms with Crippen LogP contribution in [0.15, 0.2) is 11.4 Å². The molecule has 2 N–H and O–H groups in total. The molecule has 24 heavy (non-hydrogen) atoms. The average molecular weight is 350 g/mol. The van der Waals surface area contributed by atoms with Crippen molar-refractivity contribution < 1.29 is 4.74 Å². The Morgan fingerprint density at radius 2 is 2.42 bits per heavy atom. The Bertz CT molecular complexity index is 528. The predicted octanol–water partition coefficient (Wildman–Crippen LogP) is 2.24. The van der Waals surface area contributed by atoms with E-state index in [0.717, 1.165) is 38.8 Å². The highest BCUT2D eigenvalue weighted by Gasteiger charge is 2.34. The van der Waals surface area contributed by atoms with Gasteiger partial charge in [-0.25, -0.2) is 0 Å². The molecule has 1 saturated heterocycles. The molecule has 0 radical (unpaired) electrons. The number of morpholine rings is 1. The molecular weight excluding hydrogens is 318 g/mol. The van der Waals surface area contributed by atoms with Crippen LogP contribution in [0.25, 0.3) is 0 Å². The molecule has 1 saturated carbocycles. The minimum atomic E-state index is 0.553. The third-order valence-electron chi connectivity index (χ3n) is 6.17. The summed E-state index contributed by atoms with van der Waals surface area (Å²) in [7, 11) is 0. The highest BCUT2D eigenvalue weighted by atomic mass is 32.1. The first-order chi connectivity index (χ1) is 11.8. The SMILES string of the molecule is CC(CNC1CCCC1C1COCCN1)N1CCc2sccc2C1. The van der Waals surface area contributed by atoms with Gasteiger partial charge in [0.25, 0.3) is 0 Å². The Kier molecular flexibility index (Phi) is 5.54. The van der Waals surface area contributed by atoms with E-state index in [2.05, 4.69) is 33.9 Å². The number of rotatable bonds is 5. The molecule has 0 spiro atoms. The van der Waals surface area contributed by atoms with Gasteiger partial charge in [0.15, 0.2) is 0 Å². The first-order valence-corrected chi connectivity index (χ1v) is 10.5. The minimum absolute atomic E-state index is 0.553. The van der Waals surface area contributed by atoms with Crippen molar-refractivity contribution in [3.8, 4) is 0 Å². The Morgan fingerprint density at radius 3 is 3.29 bits per heavy atom. The second-order valence-electron chi connectivity index (χ2n) is 7.68. The lowest BCUT2D eigenvalue weighted by molar-refractivity contribution is 0.0518. The van der Waals surface area contributed by atoms with Crippen LogP contribution in [0.2, 0.25) is 0 Å². The van der Waals surface area contributed by atoms with Crippen molar-refractivity contribution in [2.45, 2.75) is 57.3 Å². The molecule has 4 atom stereocenters. The van der Waals surface area contributed by atoms with Gasteiger partial charge in [0.1, 0.15) is 0 Å².